The Balaban J connectivity index is 1.79. The van der Waals surface area contributed by atoms with Crippen molar-refractivity contribution >= 4 is 11.4 Å². The number of benzene rings is 1. The van der Waals surface area contributed by atoms with Crippen molar-refractivity contribution in [1.82, 2.24) is 0 Å². The van der Waals surface area contributed by atoms with Crippen molar-refractivity contribution in [3.8, 4) is 5.75 Å². The maximum absolute atomic E-state index is 11.3. The van der Waals surface area contributed by atoms with Gasteiger partial charge in [0.2, 0.25) is 0 Å². The molecule has 0 aliphatic heterocycles. The van der Waals surface area contributed by atoms with Crippen molar-refractivity contribution < 1.29 is 9.66 Å². The van der Waals surface area contributed by atoms with Crippen LogP contribution in [0.2, 0.25) is 0 Å². The van der Waals surface area contributed by atoms with Gasteiger partial charge in [-0.05, 0) is 56.1 Å². The normalized spacial score (nSPS) is 28.4. The van der Waals surface area contributed by atoms with E-state index in [2.05, 4.69) is 12.2 Å². The molecule has 2 bridgehead atoms. The quantitative estimate of drug-likeness (QED) is 0.661. The number of nitro benzene ring substituents is 1. The number of hydrogen-bond donors (Lipinski definition) is 1. The van der Waals surface area contributed by atoms with Crippen molar-refractivity contribution in [1.29, 1.82) is 0 Å². The van der Waals surface area contributed by atoms with Gasteiger partial charge in [0.05, 0.1) is 12.0 Å². The zero-order valence-corrected chi connectivity index (χ0v) is 12.5. The predicted molar refractivity (Wildman–Crippen MR) is 81.7 cm³/mol. The average Bonchev–Trinajstić information content (AvgIpc) is 3.09. The maximum atomic E-state index is 11.3. The fourth-order valence-corrected chi connectivity index (χ4v) is 4.25. The third-order valence-electron chi connectivity index (χ3n) is 5.22. The number of nitro groups is 1. The van der Waals surface area contributed by atoms with E-state index < -0.39 is 0 Å². The fraction of sp³-hybridized carbons (Fsp3) is 0.625. The second-order valence-electron chi connectivity index (χ2n) is 6.39. The Kier molecular flexibility index (Phi) is 3.74. The molecule has 0 radical (unpaired) electrons. The summed E-state index contributed by atoms with van der Waals surface area (Å²) in [6.07, 6.45) is 5.29. The summed E-state index contributed by atoms with van der Waals surface area (Å²) in [5.41, 5.74) is 0.602. The van der Waals surface area contributed by atoms with Crippen LogP contribution < -0.4 is 10.1 Å². The first kappa shape index (κ1) is 14.2. The lowest BCUT2D eigenvalue weighted by molar-refractivity contribution is -0.384. The summed E-state index contributed by atoms with van der Waals surface area (Å²) in [5.74, 6) is 2.62. The van der Waals surface area contributed by atoms with E-state index in [0.29, 0.717) is 17.4 Å². The van der Waals surface area contributed by atoms with E-state index in [9.17, 15) is 10.1 Å². The first-order valence-electron chi connectivity index (χ1n) is 7.68. The van der Waals surface area contributed by atoms with Crippen molar-refractivity contribution in [3.63, 3.8) is 0 Å². The Morgan fingerprint density at radius 1 is 1.38 bits per heavy atom. The summed E-state index contributed by atoms with van der Waals surface area (Å²) in [7, 11) is 1.46. The summed E-state index contributed by atoms with van der Waals surface area (Å²) >= 11 is 0. The molecule has 5 nitrogen and oxygen atoms in total. The molecule has 5 heteroatoms. The molecule has 4 unspecified atom stereocenters. The Bertz CT molecular complexity index is 546. The van der Waals surface area contributed by atoms with Gasteiger partial charge < -0.3 is 10.1 Å². The van der Waals surface area contributed by atoms with E-state index in [0.717, 1.165) is 11.8 Å². The molecule has 2 aliphatic carbocycles. The number of ether oxygens (including phenoxy) is 1. The number of fused-ring (bicyclic) bond motifs is 2. The molecule has 0 spiro atoms. The predicted octanol–water partition coefficient (Wildman–Crippen LogP) is 3.84. The van der Waals surface area contributed by atoms with E-state index in [-0.39, 0.29) is 16.7 Å². The van der Waals surface area contributed by atoms with Crippen LogP contribution in [0.15, 0.2) is 18.2 Å². The van der Waals surface area contributed by atoms with Crippen LogP contribution in [0.3, 0.4) is 0 Å². The fourth-order valence-electron chi connectivity index (χ4n) is 4.25. The van der Waals surface area contributed by atoms with Crippen molar-refractivity contribution in [3.05, 3.63) is 28.3 Å². The lowest BCUT2D eigenvalue weighted by Gasteiger charge is -2.29. The Morgan fingerprint density at radius 2 is 2.19 bits per heavy atom. The minimum Gasteiger partial charge on any atom is -0.490 e. The van der Waals surface area contributed by atoms with Gasteiger partial charge in [-0.1, -0.05) is 12.5 Å². The zero-order chi connectivity index (χ0) is 15.0. The van der Waals surface area contributed by atoms with Crippen LogP contribution in [-0.2, 0) is 0 Å². The number of methoxy groups -OCH3 is 1. The van der Waals surface area contributed by atoms with Gasteiger partial charge in [-0.2, -0.15) is 0 Å². The summed E-state index contributed by atoms with van der Waals surface area (Å²) in [6, 6.07) is 5.45. The number of hydrogen-bond acceptors (Lipinski definition) is 4. The summed E-state index contributed by atoms with van der Waals surface area (Å²) < 4.78 is 5.12. The van der Waals surface area contributed by atoms with Crippen LogP contribution in [0.25, 0.3) is 0 Å². The lowest BCUT2D eigenvalue weighted by atomic mass is 9.84. The number of rotatable bonds is 5. The Hall–Kier alpha value is -1.78. The van der Waals surface area contributed by atoms with E-state index in [4.69, 9.17) is 4.74 Å². The molecule has 0 aromatic heterocycles. The second kappa shape index (κ2) is 5.54. The Labute approximate surface area is 124 Å². The average molecular weight is 290 g/mol. The van der Waals surface area contributed by atoms with Crippen LogP contribution >= 0.6 is 0 Å². The van der Waals surface area contributed by atoms with Crippen LogP contribution in [0.4, 0.5) is 11.4 Å². The maximum Gasteiger partial charge on any atom is 0.333 e. The molecule has 0 amide bonds. The van der Waals surface area contributed by atoms with Crippen LogP contribution in [0.5, 0.6) is 5.75 Å². The molecule has 4 atom stereocenters. The van der Waals surface area contributed by atoms with E-state index >= 15 is 0 Å². The van der Waals surface area contributed by atoms with Crippen molar-refractivity contribution in [2.24, 2.45) is 17.8 Å². The van der Waals surface area contributed by atoms with Crippen molar-refractivity contribution in [2.45, 2.75) is 38.6 Å². The smallest absolute Gasteiger partial charge is 0.333 e. The van der Waals surface area contributed by atoms with Gasteiger partial charge in [-0.15, -0.1) is 0 Å². The standard InChI is InChI=1S/C16H22N2O3/c1-10(13-9-11-6-7-12(13)8-11)17-14-4-3-5-15(21-2)16(14)18(19)20/h3-5,10-13,17H,6-9H2,1-2H3. The number of nitrogens with one attached hydrogen (secondary N) is 1. The lowest BCUT2D eigenvalue weighted by Crippen LogP contribution is -2.30. The highest BCUT2D eigenvalue weighted by Gasteiger charge is 2.42. The molecule has 0 saturated heterocycles. The van der Waals surface area contributed by atoms with Crippen LogP contribution in [0.1, 0.15) is 32.6 Å². The number of nitrogens with zero attached hydrogens (tertiary/aromatic N) is 1. The molecule has 2 saturated carbocycles. The molecule has 3 rings (SSSR count). The molecule has 2 fully saturated rings. The minimum absolute atomic E-state index is 0.0370. The monoisotopic (exact) mass is 290 g/mol. The number of anilines is 1. The minimum atomic E-state index is -0.366. The third-order valence-corrected chi connectivity index (χ3v) is 5.22. The zero-order valence-electron chi connectivity index (χ0n) is 12.5. The molecule has 2 aliphatic rings. The van der Waals surface area contributed by atoms with Gasteiger partial charge in [0.1, 0.15) is 5.69 Å². The molecular formula is C16H22N2O3. The van der Waals surface area contributed by atoms with Gasteiger partial charge in [0.15, 0.2) is 5.75 Å². The topological polar surface area (TPSA) is 64.4 Å². The van der Waals surface area contributed by atoms with E-state index in [1.807, 2.05) is 0 Å². The van der Waals surface area contributed by atoms with Gasteiger partial charge in [0.25, 0.3) is 0 Å². The third kappa shape index (κ3) is 2.57. The van der Waals surface area contributed by atoms with Crippen LogP contribution in [0, 0.1) is 27.9 Å². The first-order valence-corrected chi connectivity index (χ1v) is 7.68. The SMILES string of the molecule is COc1cccc(NC(C)C2CC3CCC2C3)c1[N+](=O)[O-]. The molecule has 0 heterocycles. The Morgan fingerprint density at radius 3 is 2.76 bits per heavy atom. The second-order valence-corrected chi connectivity index (χ2v) is 6.39. The summed E-state index contributed by atoms with van der Waals surface area (Å²) in [5, 5.41) is 14.7. The van der Waals surface area contributed by atoms with Crippen LogP contribution in [-0.4, -0.2) is 18.1 Å². The van der Waals surface area contributed by atoms with Gasteiger partial charge in [-0.25, -0.2) is 0 Å². The molecule has 1 aromatic carbocycles. The highest BCUT2D eigenvalue weighted by Crippen LogP contribution is 2.50. The molecular weight excluding hydrogens is 268 g/mol. The van der Waals surface area contributed by atoms with E-state index in [1.165, 1.54) is 32.8 Å². The van der Waals surface area contributed by atoms with Gasteiger partial charge in [-0.3, -0.25) is 10.1 Å². The molecule has 114 valence electrons. The molecule has 1 aromatic rings. The van der Waals surface area contributed by atoms with Gasteiger partial charge in [0, 0.05) is 6.04 Å². The highest BCUT2D eigenvalue weighted by atomic mass is 16.6. The molecule has 1 N–H and O–H groups in total. The first-order chi connectivity index (χ1) is 10.1. The van der Waals surface area contributed by atoms with Crippen molar-refractivity contribution in [2.75, 3.05) is 12.4 Å². The van der Waals surface area contributed by atoms with Gasteiger partial charge >= 0.3 is 5.69 Å². The van der Waals surface area contributed by atoms with E-state index in [1.54, 1.807) is 18.2 Å². The number of para-hydroxylation sites is 1. The summed E-state index contributed by atoms with van der Waals surface area (Å²) in [6.45, 7) is 2.15. The summed E-state index contributed by atoms with van der Waals surface area (Å²) in [4.78, 5) is 11.0. The highest BCUT2D eigenvalue weighted by molar-refractivity contribution is 5.68. The molecule has 21 heavy (non-hydrogen) atoms. The largest absolute Gasteiger partial charge is 0.490 e.